The molecule has 3 rings (SSSR count). The number of ether oxygens (including phenoxy) is 2. The van der Waals surface area contributed by atoms with Crippen molar-refractivity contribution in [3.63, 3.8) is 0 Å². The first kappa shape index (κ1) is 36.3. The number of carbonyl (C=O) groups is 3. The van der Waals surface area contributed by atoms with Crippen molar-refractivity contribution < 1.29 is 32.3 Å². The average Bonchev–Trinajstić information content (AvgIpc) is 3.30. The first-order valence-electron chi connectivity index (χ1n) is 14.6. The second-order valence-corrected chi connectivity index (χ2v) is 16.2. The number of likely N-dealkylation sites (N-methyl/N-ethyl adjacent to an activating group) is 2. The van der Waals surface area contributed by atoms with Gasteiger partial charge in [-0.1, -0.05) is 17.7 Å². The lowest BCUT2D eigenvalue weighted by Gasteiger charge is -2.41. The molecule has 1 heterocycles. The highest BCUT2D eigenvalue weighted by Gasteiger charge is 2.57. The number of sulfonamides is 1. The Morgan fingerprint density at radius 2 is 1.53 bits per heavy atom. The van der Waals surface area contributed by atoms with Crippen molar-refractivity contribution in [1.82, 2.24) is 15.1 Å². The van der Waals surface area contributed by atoms with Gasteiger partial charge >= 0.3 is 12.1 Å². The number of ketones is 1. The fourth-order valence-corrected chi connectivity index (χ4v) is 7.70. The molecule has 1 N–H and O–H groups in total. The van der Waals surface area contributed by atoms with E-state index in [0.717, 1.165) is 9.87 Å². The topological polar surface area (TPSA) is 126 Å². The molecule has 248 valence electrons. The van der Waals surface area contributed by atoms with Gasteiger partial charge in [0.05, 0.1) is 10.6 Å². The number of thioether (sulfide) groups is 1. The maximum Gasteiger partial charge on any atom is 0.415 e. The van der Waals surface area contributed by atoms with Gasteiger partial charge in [0.2, 0.25) is 5.54 Å². The van der Waals surface area contributed by atoms with E-state index in [9.17, 15) is 22.8 Å². The molecule has 0 bridgehead atoms. The first-order valence-corrected chi connectivity index (χ1v) is 17.1. The second kappa shape index (κ2) is 13.7. The number of amides is 1. The van der Waals surface area contributed by atoms with Crippen LogP contribution in [0.2, 0.25) is 0 Å². The Balaban J connectivity index is 2.16. The van der Waals surface area contributed by atoms with Crippen LogP contribution in [-0.2, 0) is 24.3 Å². The molecule has 1 fully saturated rings. The van der Waals surface area contributed by atoms with Gasteiger partial charge in [-0.25, -0.2) is 22.3 Å². The standard InChI is InChI=1S/C32H46N4O7S2/c1-22-11-17-25(18-12-22)45(40,41)36(23-13-15-24(16-14-23)42-29(39)35(10)20-19-34(8)9)32(7,28(38)43-30(2,3)4)26(37)27-33-31(5,6)21-44-27/h11-18,27,33H,19-21H2,1-10H3/t27-,32+/m0/s1. The highest BCUT2D eigenvalue weighted by molar-refractivity contribution is 8.01. The molecule has 11 nitrogen and oxygen atoms in total. The summed E-state index contributed by atoms with van der Waals surface area (Å²) in [5.74, 6) is -0.947. The number of Topliss-reactive ketones (excluding diaryl/α,β-unsaturated/α-hetero) is 1. The van der Waals surface area contributed by atoms with Crippen molar-refractivity contribution in [3.05, 3.63) is 54.1 Å². The largest absolute Gasteiger partial charge is 0.458 e. The summed E-state index contributed by atoms with van der Waals surface area (Å²) in [7, 11) is 0.863. The number of hydrogen-bond acceptors (Lipinski definition) is 10. The summed E-state index contributed by atoms with van der Waals surface area (Å²) in [6, 6.07) is 11.8. The van der Waals surface area contributed by atoms with Gasteiger partial charge in [0, 0.05) is 31.4 Å². The molecule has 2 atom stereocenters. The van der Waals surface area contributed by atoms with Crippen molar-refractivity contribution in [2.24, 2.45) is 0 Å². The fourth-order valence-electron chi connectivity index (χ4n) is 4.51. The smallest absolute Gasteiger partial charge is 0.415 e. The van der Waals surface area contributed by atoms with Gasteiger partial charge in [-0.05, 0) is 99.0 Å². The Morgan fingerprint density at radius 3 is 2.02 bits per heavy atom. The van der Waals surface area contributed by atoms with E-state index in [-0.39, 0.29) is 16.3 Å². The number of carbonyl (C=O) groups excluding carboxylic acids is 3. The molecule has 13 heteroatoms. The number of aryl methyl sites for hydroxylation is 1. The summed E-state index contributed by atoms with van der Waals surface area (Å²) in [6.45, 7) is 13.0. The lowest BCUT2D eigenvalue weighted by molar-refractivity contribution is -0.162. The zero-order valence-electron chi connectivity index (χ0n) is 27.8. The third-order valence-electron chi connectivity index (χ3n) is 7.08. The van der Waals surface area contributed by atoms with Crippen LogP contribution in [0.3, 0.4) is 0 Å². The third-order valence-corrected chi connectivity index (χ3v) is 10.6. The Kier molecular flexibility index (Phi) is 11.1. The summed E-state index contributed by atoms with van der Waals surface area (Å²) in [5.41, 5.74) is -2.93. The predicted molar refractivity (Wildman–Crippen MR) is 177 cm³/mol. The number of nitrogens with one attached hydrogen (secondary N) is 1. The van der Waals surface area contributed by atoms with Crippen molar-refractivity contribution in [2.75, 3.05) is 44.3 Å². The molecule has 0 spiro atoms. The van der Waals surface area contributed by atoms with E-state index in [1.54, 1.807) is 40.0 Å². The number of rotatable bonds is 11. The number of benzene rings is 2. The number of hydrogen-bond donors (Lipinski definition) is 1. The van der Waals surface area contributed by atoms with E-state index in [2.05, 4.69) is 5.32 Å². The van der Waals surface area contributed by atoms with Gasteiger partial charge < -0.3 is 19.3 Å². The molecule has 1 saturated heterocycles. The zero-order valence-corrected chi connectivity index (χ0v) is 29.5. The molecular formula is C32H46N4O7S2. The normalized spacial score (nSPS) is 17.8. The molecule has 45 heavy (non-hydrogen) atoms. The zero-order chi connectivity index (χ0) is 34.0. The van der Waals surface area contributed by atoms with E-state index in [1.807, 2.05) is 39.8 Å². The van der Waals surface area contributed by atoms with Crippen LogP contribution in [0.5, 0.6) is 5.75 Å². The Hall–Kier alpha value is -3.13. The van der Waals surface area contributed by atoms with Crippen LogP contribution >= 0.6 is 11.8 Å². The Morgan fingerprint density at radius 1 is 0.956 bits per heavy atom. The molecule has 2 aromatic carbocycles. The van der Waals surface area contributed by atoms with E-state index in [1.165, 1.54) is 60.0 Å². The summed E-state index contributed by atoms with van der Waals surface area (Å²) in [4.78, 5) is 44.5. The van der Waals surface area contributed by atoms with Crippen molar-refractivity contribution >= 4 is 45.3 Å². The number of nitrogens with zero attached hydrogens (tertiary/aromatic N) is 3. The minimum absolute atomic E-state index is 0.0142. The quantitative estimate of drug-likeness (QED) is 0.275. The average molecular weight is 663 g/mol. The van der Waals surface area contributed by atoms with Crippen LogP contribution in [0.1, 0.15) is 47.1 Å². The molecule has 0 aromatic heterocycles. The lowest BCUT2D eigenvalue weighted by atomic mass is 9.94. The van der Waals surface area contributed by atoms with Crippen LogP contribution in [0, 0.1) is 6.92 Å². The van der Waals surface area contributed by atoms with Crippen molar-refractivity contribution in [1.29, 1.82) is 0 Å². The summed E-state index contributed by atoms with van der Waals surface area (Å²) < 4.78 is 41.2. The Labute approximate surface area is 271 Å². The predicted octanol–water partition coefficient (Wildman–Crippen LogP) is 4.29. The fraction of sp³-hybridized carbons (Fsp3) is 0.531. The summed E-state index contributed by atoms with van der Waals surface area (Å²) >= 11 is 1.30. The van der Waals surface area contributed by atoms with Crippen LogP contribution in [-0.4, -0.2) is 98.1 Å². The SMILES string of the molecule is Cc1ccc(S(=O)(=O)N(c2ccc(OC(=O)N(C)CCN(C)C)cc2)[C@@](C)(C(=O)OC(C)(C)C)C(=O)[C@H]2NC(C)(C)CS2)cc1. The summed E-state index contributed by atoms with van der Waals surface area (Å²) in [6.07, 6.45) is -0.588. The number of esters is 1. The highest BCUT2D eigenvalue weighted by Crippen LogP contribution is 2.39. The molecule has 1 aliphatic heterocycles. The maximum atomic E-state index is 14.5. The maximum absolute atomic E-state index is 14.5. The van der Waals surface area contributed by atoms with E-state index in [0.29, 0.717) is 18.8 Å². The first-order chi connectivity index (χ1) is 20.7. The molecule has 2 aromatic rings. The van der Waals surface area contributed by atoms with Gasteiger partial charge in [0.25, 0.3) is 10.0 Å². The monoisotopic (exact) mass is 662 g/mol. The molecular weight excluding hydrogens is 617 g/mol. The number of anilines is 1. The van der Waals surface area contributed by atoms with Crippen molar-refractivity contribution in [2.45, 2.75) is 75.4 Å². The second-order valence-electron chi connectivity index (χ2n) is 13.3. The van der Waals surface area contributed by atoms with Gasteiger partial charge in [-0.15, -0.1) is 11.8 Å². The van der Waals surface area contributed by atoms with Crippen LogP contribution < -0.4 is 14.4 Å². The molecule has 0 unspecified atom stereocenters. The van der Waals surface area contributed by atoms with E-state index >= 15 is 0 Å². The minimum atomic E-state index is -4.54. The lowest BCUT2D eigenvalue weighted by Crippen LogP contribution is -2.65. The highest BCUT2D eigenvalue weighted by atomic mass is 32.2. The van der Waals surface area contributed by atoms with Crippen LogP contribution in [0.4, 0.5) is 10.5 Å². The van der Waals surface area contributed by atoms with E-state index in [4.69, 9.17) is 9.47 Å². The van der Waals surface area contributed by atoms with Crippen molar-refractivity contribution in [3.8, 4) is 5.75 Å². The molecule has 1 amide bonds. The minimum Gasteiger partial charge on any atom is -0.458 e. The Bertz CT molecular complexity index is 1490. The third kappa shape index (κ3) is 8.78. The van der Waals surface area contributed by atoms with E-state index < -0.39 is 49.9 Å². The van der Waals surface area contributed by atoms with Crippen LogP contribution in [0.15, 0.2) is 53.4 Å². The molecule has 1 aliphatic rings. The van der Waals surface area contributed by atoms with Gasteiger partial charge in [0.1, 0.15) is 16.7 Å². The summed E-state index contributed by atoms with van der Waals surface area (Å²) in [5, 5.41) is 2.35. The molecule has 0 aliphatic carbocycles. The van der Waals surface area contributed by atoms with Crippen LogP contribution in [0.25, 0.3) is 0 Å². The van der Waals surface area contributed by atoms with Gasteiger partial charge in [-0.2, -0.15) is 0 Å². The molecule has 0 saturated carbocycles. The molecule has 0 radical (unpaired) electrons. The van der Waals surface area contributed by atoms with Gasteiger partial charge in [0.15, 0.2) is 5.78 Å². The van der Waals surface area contributed by atoms with Gasteiger partial charge in [-0.3, -0.25) is 10.1 Å².